The molecule has 0 amide bonds. The molecule has 0 aliphatic rings. The fourth-order valence-electron chi connectivity index (χ4n) is 8.40. The molecule has 4 heterocycles. The van der Waals surface area contributed by atoms with Crippen molar-refractivity contribution in [1.82, 2.24) is 19.1 Å². The highest BCUT2D eigenvalue weighted by atomic mass is 15.1. The number of benzene rings is 7. The Hall–Kier alpha value is -7.56. The molecule has 262 valence electrons. The maximum absolute atomic E-state index is 5.24. The summed E-state index contributed by atoms with van der Waals surface area (Å²) in [5.41, 5.74) is 17.4. The maximum Gasteiger partial charge on any atom is 0.117 e. The third kappa shape index (κ3) is 5.23. The summed E-state index contributed by atoms with van der Waals surface area (Å²) in [6.45, 7) is 0. The highest BCUT2D eigenvalue weighted by Crippen LogP contribution is 2.42. The molecule has 4 nitrogen and oxygen atoms in total. The van der Waals surface area contributed by atoms with Gasteiger partial charge in [-0.3, -0.25) is 9.97 Å². The Balaban J connectivity index is 1.29. The molecular weight excluding hydrogens is 681 g/mol. The van der Waals surface area contributed by atoms with Gasteiger partial charge in [0.2, 0.25) is 0 Å². The fourth-order valence-corrected chi connectivity index (χ4v) is 8.40. The van der Waals surface area contributed by atoms with Crippen LogP contribution in [0.25, 0.3) is 99.8 Å². The lowest BCUT2D eigenvalue weighted by Gasteiger charge is -2.16. The molecular formula is C52H34N4. The van der Waals surface area contributed by atoms with Gasteiger partial charge in [-0.2, -0.15) is 0 Å². The number of rotatable bonds is 6. The van der Waals surface area contributed by atoms with E-state index in [2.05, 4.69) is 197 Å². The second kappa shape index (κ2) is 13.1. The number of hydrogen-bond acceptors (Lipinski definition) is 2. The van der Waals surface area contributed by atoms with Gasteiger partial charge in [-0.05, 0) is 99.1 Å². The summed E-state index contributed by atoms with van der Waals surface area (Å²) in [4.78, 5) is 10.2. The Kier molecular flexibility index (Phi) is 7.46. The van der Waals surface area contributed by atoms with Crippen LogP contribution < -0.4 is 0 Å². The standard InChI is InChI=1S/C52H34N4/c1-5-16-35(17-6-1)39-28-40(36-18-7-2-8-19-36)31-43(30-39)55-47-25-14-13-24-45(47)46-34-54-50-49-48(26-15-27-53-49)56(52(50)51(46)55)44-32-41(37-20-9-3-10-21-37)29-42(33-44)38-22-11-4-12-23-38/h1-34H. The lowest BCUT2D eigenvalue weighted by molar-refractivity contribution is 1.14. The number of aromatic nitrogens is 4. The van der Waals surface area contributed by atoms with Crippen molar-refractivity contribution in [2.45, 2.75) is 0 Å². The zero-order valence-corrected chi connectivity index (χ0v) is 30.4. The molecule has 0 saturated heterocycles. The van der Waals surface area contributed by atoms with Crippen LogP contribution in [0.3, 0.4) is 0 Å². The molecule has 0 N–H and O–H groups in total. The number of fused-ring (bicyclic) bond motifs is 7. The van der Waals surface area contributed by atoms with Crippen LogP contribution in [0.2, 0.25) is 0 Å². The third-order valence-electron chi connectivity index (χ3n) is 10.9. The first-order chi connectivity index (χ1) is 27.8. The van der Waals surface area contributed by atoms with Gasteiger partial charge in [-0.15, -0.1) is 0 Å². The molecule has 7 aromatic carbocycles. The molecule has 4 aromatic heterocycles. The molecule has 11 aromatic rings. The number of hydrogen-bond donors (Lipinski definition) is 0. The largest absolute Gasteiger partial charge is 0.307 e. The minimum absolute atomic E-state index is 0.867. The summed E-state index contributed by atoms with van der Waals surface area (Å²) < 4.78 is 4.84. The van der Waals surface area contributed by atoms with Gasteiger partial charge in [-0.25, -0.2) is 0 Å². The summed E-state index contributed by atoms with van der Waals surface area (Å²) in [5.74, 6) is 0. The monoisotopic (exact) mass is 714 g/mol. The van der Waals surface area contributed by atoms with E-state index in [1.807, 2.05) is 18.5 Å². The summed E-state index contributed by atoms with van der Waals surface area (Å²) >= 11 is 0. The minimum Gasteiger partial charge on any atom is -0.307 e. The topological polar surface area (TPSA) is 35.6 Å². The first-order valence-electron chi connectivity index (χ1n) is 19.0. The first-order valence-corrected chi connectivity index (χ1v) is 19.0. The average molecular weight is 715 g/mol. The lowest BCUT2D eigenvalue weighted by atomic mass is 9.98. The maximum atomic E-state index is 5.24. The fraction of sp³-hybridized carbons (Fsp3) is 0. The number of pyridine rings is 2. The molecule has 56 heavy (non-hydrogen) atoms. The third-order valence-corrected chi connectivity index (χ3v) is 10.9. The quantitative estimate of drug-likeness (QED) is 0.172. The zero-order chi connectivity index (χ0) is 37.0. The summed E-state index contributed by atoms with van der Waals surface area (Å²) in [6.07, 6.45) is 3.92. The summed E-state index contributed by atoms with van der Waals surface area (Å²) in [7, 11) is 0. The van der Waals surface area contributed by atoms with E-state index in [0.29, 0.717) is 0 Å². The molecule has 0 aliphatic heterocycles. The molecule has 4 heteroatoms. The molecule has 11 rings (SSSR count). The highest BCUT2D eigenvalue weighted by Gasteiger charge is 2.24. The highest BCUT2D eigenvalue weighted by molar-refractivity contribution is 6.21. The first kappa shape index (κ1) is 31.9. The second-order valence-corrected chi connectivity index (χ2v) is 14.3. The SMILES string of the molecule is c1ccc(-c2cc(-c3ccccc3)cc(-n3c4ccccc4c4cnc5c6ncccc6n(-c6cc(-c7ccccc7)cc(-c7ccccc7)c6)c5c43)c2)cc1. The molecule has 0 aliphatic carbocycles. The van der Waals surface area contributed by atoms with E-state index in [1.54, 1.807) is 0 Å². The van der Waals surface area contributed by atoms with Crippen molar-refractivity contribution in [1.29, 1.82) is 0 Å². The van der Waals surface area contributed by atoms with Crippen molar-refractivity contribution in [3.05, 3.63) is 207 Å². The van der Waals surface area contributed by atoms with Gasteiger partial charge in [0.1, 0.15) is 11.0 Å². The predicted octanol–water partition coefficient (Wildman–Crippen LogP) is 13.3. The molecule has 0 saturated carbocycles. The summed E-state index contributed by atoms with van der Waals surface area (Å²) in [6, 6.07) is 69.4. The van der Waals surface area contributed by atoms with Crippen LogP contribution in [-0.4, -0.2) is 19.1 Å². The molecule has 0 atom stereocenters. The van der Waals surface area contributed by atoms with Crippen molar-refractivity contribution in [3.63, 3.8) is 0 Å². The van der Waals surface area contributed by atoms with Crippen LogP contribution in [0, 0.1) is 0 Å². The van der Waals surface area contributed by atoms with Gasteiger partial charge in [0.05, 0.1) is 22.1 Å². The average Bonchev–Trinajstić information content (AvgIpc) is 3.81. The smallest absolute Gasteiger partial charge is 0.117 e. The normalized spacial score (nSPS) is 11.6. The Morgan fingerprint density at radius 1 is 0.304 bits per heavy atom. The van der Waals surface area contributed by atoms with Gasteiger partial charge >= 0.3 is 0 Å². The molecule has 0 bridgehead atoms. The van der Waals surface area contributed by atoms with Crippen molar-refractivity contribution < 1.29 is 0 Å². The van der Waals surface area contributed by atoms with Crippen LogP contribution in [0.4, 0.5) is 0 Å². The van der Waals surface area contributed by atoms with Crippen molar-refractivity contribution in [3.8, 4) is 55.9 Å². The van der Waals surface area contributed by atoms with Crippen LogP contribution in [0.5, 0.6) is 0 Å². The van der Waals surface area contributed by atoms with E-state index in [-0.39, 0.29) is 0 Å². The van der Waals surface area contributed by atoms with Crippen LogP contribution in [-0.2, 0) is 0 Å². The van der Waals surface area contributed by atoms with Gasteiger partial charge in [0.25, 0.3) is 0 Å². The zero-order valence-electron chi connectivity index (χ0n) is 30.4. The van der Waals surface area contributed by atoms with Crippen molar-refractivity contribution in [2.24, 2.45) is 0 Å². The van der Waals surface area contributed by atoms with Gasteiger partial charge in [-0.1, -0.05) is 140 Å². The predicted molar refractivity (Wildman–Crippen MR) is 232 cm³/mol. The molecule has 0 unspecified atom stereocenters. The van der Waals surface area contributed by atoms with Crippen molar-refractivity contribution in [2.75, 3.05) is 0 Å². The Labute approximate surface area is 324 Å². The van der Waals surface area contributed by atoms with E-state index < -0.39 is 0 Å². The van der Waals surface area contributed by atoms with E-state index in [9.17, 15) is 0 Å². The Bertz CT molecular complexity index is 2880. The Morgan fingerprint density at radius 3 is 1.23 bits per heavy atom. The van der Waals surface area contributed by atoms with Crippen LogP contribution >= 0.6 is 0 Å². The molecule has 0 spiro atoms. The van der Waals surface area contributed by atoms with Crippen molar-refractivity contribution >= 4 is 43.9 Å². The van der Waals surface area contributed by atoms with Gasteiger partial charge in [0.15, 0.2) is 0 Å². The van der Waals surface area contributed by atoms with Crippen LogP contribution in [0.1, 0.15) is 0 Å². The number of nitrogens with zero attached hydrogens (tertiary/aromatic N) is 4. The van der Waals surface area contributed by atoms with Crippen LogP contribution in [0.15, 0.2) is 207 Å². The number of para-hydroxylation sites is 1. The summed E-state index contributed by atoms with van der Waals surface area (Å²) in [5, 5.41) is 2.24. The molecule has 0 radical (unpaired) electrons. The van der Waals surface area contributed by atoms with E-state index in [0.717, 1.165) is 88.6 Å². The van der Waals surface area contributed by atoms with Gasteiger partial charge < -0.3 is 9.13 Å². The lowest BCUT2D eigenvalue weighted by Crippen LogP contribution is -2.00. The van der Waals surface area contributed by atoms with E-state index in [1.165, 1.54) is 11.1 Å². The van der Waals surface area contributed by atoms with E-state index >= 15 is 0 Å². The minimum atomic E-state index is 0.867. The molecule has 0 fully saturated rings. The van der Waals surface area contributed by atoms with Gasteiger partial charge in [0, 0.05) is 34.5 Å². The Morgan fingerprint density at radius 2 is 0.732 bits per heavy atom. The van der Waals surface area contributed by atoms with E-state index in [4.69, 9.17) is 9.97 Å². The second-order valence-electron chi connectivity index (χ2n) is 14.3.